The average Bonchev–Trinajstić information content (AvgIpc) is 2.54. The maximum atomic E-state index is 14.1. The fourth-order valence-electron chi connectivity index (χ4n) is 2.55. The lowest BCUT2D eigenvalue weighted by Crippen LogP contribution is -2.36. The zero-order valence-electron chi connectivity index (χ0n) is 11.3. The number of nitrogens with one attached hydrogen (secondary N) is 1. The van der Waals surface area contributed by atoms with E-state index in [0.29, 0.717) is 13.1 Å². The number of anilines is 1. The second kappa shape index (κ2) is 5.49. The van der Waals surface area contributed by atoms with Crippen LogP contribution in [0, 0.1) is 5.82 Å². The fourth-order valence-corrected chi connectivity index (χ4v) is 2.55. The molecule has 0 bridgehead atoms. The Morgan fingerprint density at radius 3 is 2.81 bits per heavy atom. The molecule has 0 atom stereocenters. The summed E-state index contributed by atoms with van der Waals surface area (Å²) in [5.74, 6) is 3.99. The standard InChI is InChI=1S/C15H15FN4O/c16-13-12(5-7-18-14(13)19-17)15(21)20-8-6-10-3-1-2-4-11(10)9-20/h1-5,7H,6,8-9,17H2,(H,18,19). The molecule has 0 aliphatic carbocycles. The van der Waals surface area contributed by atoms with Gasteiger partial charge in [-0.3, -0.25) is 4.79 Å². The van der Waals surface area contributed by atoms with Gasteiger partial charge < -0.3 is 10.3 Å². The van der Waals surface area contributed by atoms with Crippen LogP contribution in [0.4, 0.5) is 10.2 Å². The van der Waals surface area contributed by atoms with Crippen LogP contribution in [0.3, 0.4) is 0 Å². The maximum absolute atomic E-state index is 14.1. The van der Waals surface area contributed by atoms with Crippen molar-refractivity contribution in [2.75, 3.05) is 12.0 Å². The summed E-state index contributed by atoms with van der Waals surface area (Å²) in [6, 6.07) is 9.35. The van der Waals surface area contributed by atoms with Gasteiger partial charge >= 0.3 is 0 Å². The quantitative estimate of drug-likeness (QED) is 0.651. The number of nitrogens with zero attached hydrogens (tertiary/aromatic N) is 2. The van der Waals surface area contributed by atoms with E-state index in [1.807, 2.05) is 18.2 Å². The van der Waals surface area contributed by atoms with Crippen LogP contribution in [0.25, 0.3) is 0 Å². The zero-order valence-corrected chi connectivity index (χ0v) is 11.3. The highest BCUT2D eigenvalue weighted by Gasteiger charge is 2.24. The summed E-state index contributed by atoms with van der Waals surface area (Å²) in [6.45, 7) is 1.06. The summed E-state index contributed by atoms with van der Waals surface area (Å²) >= 11 is 0. The highest BCUT2D eigenvalue weighted by molar-refractivity contribution is 5.95. The Hall–Kier alpha value is -2.47. The molecule has 1 aliphatic rings. The Kier molecular flexibility index (Phi) is 3.53. The summed E-state index contributed by atoms with van der Waals surface area (Å²) in [6.07, 6.45) is 2.14. The van der Waals surface area contributed by atoms with Gasteiger partial charge in [-0.1, -0.05) is 24.3 Å². The third kappa shape index (κ3) is 2.45. The van der Waals surface area contributed by atoms with E-state index in [1.54, 1.807) is 4.90 Å². The number of hydrazine groups is 1. The number of fused-ring (bicyclic) bond motifs is 1. The van der Waals surface area contributed by atoms with Gasteiger partial charge in [0.2, 0.25) is 0 Å². The van der Waals surface area contributed by atoms with Crippen molar-refractivity contribution >= 4 is 11.7 Å². The molecule has 1 amide bonds. The molecule has 0 saturated carbocycles. The minimum atomic E-state index is -0.719. The number of hydrogen-bond donors (Lipinski definition) is 2. The van der Waals surface area contributed by atoms with Gasteiger partial charge in [-0.05, 0) is 23.6 Å². The zero-order chi connectivity index (χ0) is 14.8. The number of hydrogen-bond acceptors (Lipinski definition) is 4. The average molecular weight is 286 g/mol. The summed E-state index contributed by atoms with van der Waals surface area (Å²) in [5, 5.41) is 0. The summed E-state index contributed by atoms with van der Waals surface area (Å²) < 4.78 is 14.1. The van der Waals surface area contributed by atoms with E-state index in [1.165, 1.54) is 17.8 Å². The van der Waals surface area contributed by atoms with Crippen LogP contribution in [0.2, 0.25) is 0 Å². The van der Waals surface area contributed by atoms with Gasteiger partial charge in [0.1, 0.15) is 0 Å². The summed E-state index contributed by atoms with van der Waals surface area (Å²) in [4.78, 5) is 17.9. The van der Waals surface area contributed by atoms with E-state index >= 15 is 0 Å². The maximum Gasteiger partial charge on any atom is 0.257 e. The first-order chi connectivity index (χ1) is 10.2. The molecular weight excluding hydrogens is 271 g/mol. The molecule has 1 aromatic carbocycles. The summed E-state index contributed by atoms with van der Waals surface area (Å²) in [5.41, 5.74) is 4.47. The van der Waals surface area contributed by atoms with Crippen molar-refractivity contribution in [1.82, 2.24) is 9.88 Å². The summed E-state index contributed by atoms with van der Waals surface area (Å²) in [7, 11) is 0. The lowest BCUT2D eigenvalue weighted by atomic mass is 9.99. The molecule has 1 aliphatic heterocycles. The van der Waals surface area contributed by atoms with E-state index in [2.05, 4.69) is 16.5 Å². The van der Waals surface area contributed by atoms with Crippen LogP contribution in [0.1, 0.15) is 21.5 Å². The SMILES string of the molecule is NNc1nccc(C(=O)N2CCc3ccccc3C2)c1F. The molecule has 3 rings (SSSR count). The molecule has 0 radical (unpaired) electrons. The number of nitrogen functional groups attached to an aromatic ring is 1. The molecule has 1 aromatic heterocycles. The van der Waals surface area contributed by atoms with Crippen LogP contribution < -0.4 is 11.3 Å². The lowest BCUT2D eigenvalue weighted by Gasteiger charge is -2.29. The van der Waals surface area contributed by atoms with Crippen LogP contribution >= 0.6 is 0 Å². The monoisotopic (exact) mass is 286 g/mol. The number of nitrogens with two attached hydrogens (primary N) is 1. The van der Waals surface area contributed by atoms with Gasteiger partial charge in [0.15, 0.2) is 11.6 Å². The minimum absolute atomic E-state index is 0.0164. The van der Waals surface area contributed by atoms with Crippen molar-refractivity contribution in [3.05, 3.63) is 59.0 Å². The Morgan fingerprint density at radius 1 is 1.29 bits per heavy atom. The van der Waals surface area contributed by atoms with E-state index in [-0.39, 0.29) is 17.3 Å². The van der Waals surface area contributed by atoms with E-state index < -0.39 is 5.82 Å². The first-order valence-electron chi connectivity index (χ1n) is 6.68. The first kappa shape index (κ1) is 13.5. The van der Waals surface area contributed by atoms with Crippen molar-refractivity contribution < 1.29 is 9.18 Å². The molecule has 108 valence electrons. The number of carbonyl (C=O) groups is 1. The normalized spacial score (nSPS) is 13.7. The minimum Gasteiger partial charge on any atom is -0.334 e. The largest absolute Gasteiger partial charge is 0.334 e. The molecule has 5 nitrogen and oxygen atoms in total. The molecule has 0 fully saturated rings. The molecular formula is C15H15FN4O. The number of amides is 1. The third-order valence-corrected chi connectivity index (χ3v) is 3.67. The van der Waals surface area contributed by atoms with E-state index in [4.69, 9.17) is 5.84 Å². The Labute approximate surface area is 121 Å². The van der Waals surface area contributed by atoms with Crippen molar-refractivity contribution in [3.63, 3.8) is 0 Å². The number of pyridine rings is 1. The van der Waals surface area contributed by atoms with Crippen molar-refractivity contribution in [1.29, 1.82) is 0 Å². The van der Waals surface area contributed by atoms with Crippen LogP contribution in [-0.4, -0.2) is 22.3 Å². The highest BCUT2D eigenvalue weighted by atomic mass is 19.1. The van der Waals surface area contributed by atoms with Crippen LogP contribution in [0.15, 0.2) is 36.5 Å². The number of benzene rings is 1. The highest BCUT2D eigenvalue weighted by Crippen LogP contribution is 2.22. The van der Waals surface area contributed by atoms with E-state index in [9.17, 15) is 9.18 Å². The molecule has 0 unspecified atom stereocenters. The number of rotatable bonds is 2. The van der Waals surface area contributed by atoms with Gasteiger partial charge in [-0.15, -0.1) is 0 Å². The van der Waals surface area contributed by atoms with Crippen LogP contribution in [0.5, 0.6) is 0 Å². The Morgan fingerprint density at radius 2 is 2.05 bits per heavy atom. The van der Waals surface area contributed by atoms with Gasteiger partial charge in [-0.2, -0.15) is 0 Å². The van der Waals surface area contributed by atoms with Crippen molar-refractivity contribution in [2.24, 2.45) is 5.84 Å². The number of aromatic nitrogens is 1. The van der Waals surface area contributed by atoms with Crippen molar-refractivity contribution in [2.45, 2.75) is 13.0 Å². The predicted molar refractivity (Wildman–Crippen MR) is 76.9 cm³/mol. The molecule has 0 saturated heterocycles. The van der Waals surface area contributed by atoms with Gasteiger partial charge in [-0.25, -0.2) is 15.2 Å². The van der Waals surface area contributed by atoms with Gasteiger partial charge in [0.05, 0.1) is 5.56 Å². The Bertz CT molecular complexity index is 689. The Balaban J connectivity index is 1.87. The second-order valence-corrected chi connectivity index (χ2v) is 4.91. The molecule has 2 aromatic rings. The first-order valence-corrected chi connectivity index (χ1v) is 6.68. The van der Waals surface area contributed by atoms with Gasteiger partial charge in [0, 0.05) is 19.3 Å². The third-order valence-electron chi connectivity index (χ3n) is 3.67. The fraction of sp³-hybridized carbons (Fsp3) is 0.200. The molecule has 6 heteroatoms. The smallest absolute Gasteiger partial charge is 0.257 e. The topological polar surface area (TPSA) is 71.2 Å². The van der Waals surface area contributed by atoms with Gasteiger partial charge in [0.25, 0.3) is 5.91 Å². The second-order valence-electron chi connectivity index (χ2n) is 4.91. The predicted octanol–water partition coefficient (Wildman–Crippen LogP) is 1.70. The molecule has 21 heavy (non-hydrogen) atoms. The number of halogens is 1. The lowest BCUT2D eigenvalue weighted by molar-refractivity contribution is 0.0730. The van der Waals surface area contributed by atoms with Crippen molar-refractivity contribution in [3.8, 4) is 0 Å². The molecule has 0 spiro atoms. The molecule has 2 heterocycles. The molecule has 3 N–H and O–H groups in total. The van der Waals surface area contributed by atoms with E-state index in [0.717, 1.165) is 12.0 Å². The number of carbonyl (C=O) groups excluding carboxylic acids is 1. The van der Waals surface area contributed by atoms with Crippen LogP contribution in [-0.2, 0) is 13.0 Å².